The largest absolute Gasteiger partial charge is 0.450 e. The van der Waals surface area contributed by atoms with E-state index in [1.165, 1.54) is 0 Å². The molecule has 0 aromatic heterocycles. The lowest BCUT2D eigenvalue weighted by molar-refractivity contribution is 0.0868. The molecule has 0 saturated carbocycles. The number of anilines is 1. The minimum atomic E-state index is -0.329. The number of urea groups is 1. The van der Waals surface area contributed by atoms with Gasteiger partial charge < -0.3 is 19.9 Å². The van der Waals surface area contributed by atoms with Gasteiger partial charge in [-0.25, -0.2) is 9.59 Å². The number of aryl methyl sites for hydroxylation is 2. The number of benzene rings is 1. The molecule has 1 heterocycles. The zero-order chi connectivity index (χ0) is 17.0. The van der Waals surface area contributed by atoms with Crippen molar-refractivity contribution in [1.82, 2.24) is 9.80 Å². The zero-order valence-electron chi connectivity index (χ0n) is 13.7. The number of halogens is 1. The van der Waals surface area contributed by atoms with Crippen molar-refractivity contribution in [2.45, 2.75) is 20.8 Å². The fraction of sp³-hybridized carbons (Fsp3) is 0.500. The third kappa shape index (κ3) is 4.28. The number of carbonyl (C=O) groups is 2. The van der Waals surface area contributed by atoms with Gasteiger partial charge >= 0.3 is 12.1 Å². The van der Waals surface area contributed by atoms with Crippen molar-refractivity contribution in [1.29, 1.82) is 0 Å². The second-order valence-electron chi connectivity index (χ2n) is 5.54. The molecule has 0 spiro atoms. The van der Waals surface area contributed by atoms with Crippen LogP contribution in [0.1, 0.15) is 18.1 Å². The van der Waals surface area contributed by atoms with Crippen molar-refractivity contribution < 1.29 is 14.3 Å². The normalized spacial score (nSPS) is 14.6. The summed E-state index contributed by atoms with van der Waals surface area (Å²) >= 11 is 6.21. The van der Waals surface area contributed by atoms with E-state index in [2.05, 4.69) is 5.32 Å². The van der Waals surface area contributed by atoms with Crippen LogP contribution in [0.5, 0.6) is 0 Å². The molecule has 1 N–H and O–H groups in total. The second kappa shape index (κ2) is 7.55. The standard InChI is InChI=1S/C16H22ClN3O3/c1-4-23-16(22)20-7-5-19(6-8-20)15(21)18-14-12(3)9-11(2)10-13(14)17/h9-10H,4-8H2,1-3H3,(H,18,21). The monoisotopic (exact) mass is 339 g/mol. The number of nitrogens with zero attached hydrogens (tertiary/aromatic N) is 2. The summed E-state index contributed by atoms with van der Waals surface area (Å²) in [7, 11) is 0. The molecule has 0 aliphatic carbocycles. The van der Waals surface area contributed by atoms with Crippen LogP contribution in [-0.4, -0.2) is 54.7 Å². The summed E-state index contributed by atoms with van der Waals surface area (Å²) in [5.74, 6) is 0. The highest BCUT2D eigenvalue weighted by atomic mass is 35.5. The Morgan fingerprint density at radius 3 is 2.35 bits per heavy atom. The molecule has 1 aromatic carbocycles. The molecular formula is C16H22ClN3O3. The van der Waals surface area contributed by atoms with Gasteiger partial charge in [-0.3, -0.25) is 0 Å². The molecule has 126 valence electrons. The zero-order valence-corrected chi connectivity index (χ0v) is 14.4. The van der Waals surface area contributed by atoms with Crippen LogP contribution in [-0.2, 0) is 4.74 Å². The summed E-state index contributed by atoms with van der Waals surface area (Å²) in [5.41, 5.74) is 2.61. The molecule has 1 aliphatic heterocycles. The lowest BCUT2D eigenvalue weighted by atomic mass is 10.1. The minimum absolute atomic E-state index is 0.206. The van der Waals surface area contributed by atoms with Crippen LogP contribution >= 0.6 is 11.6 Å². The summed E-state index contributed by atoms with van der Waals surface area (Å²) in [4.78, 5) is 27.3. The van der Waals surface area contributed by atoms with Crippen LogP contribution in [0.3, 0.4) is 0 Å². The molecule has 2 rings (SSSR count). The average molecular weight is 340 g/mol. The fourth-order valence-electron chi connectivity index (χ4n) is 2.57. The number of piperazine rings is 1. The molecular weight excluding hydrogens is 318 g/mol. The maximum atomic E-state index is 12.4. The number of amides is 3. The van der Waals surface area contributed by atoms with E-state index in [1.807, 2.05) is 26.0 Å². The van der Waals surface area contributed by atoms with Gasteiger partial charge in [-0.05, 0) is 38.0 Å². The lowest BCUT2D eigenvalue weighted by Crippen LogP contribution is -2.51. The quantitative estimate of drug-likeness (QED) is 0.899. The predicted molar refractivity (Wildman–Crippen MR) is 90.1 cm³/mol. The van der Waals surface area contributed by atoms with Gasteiger partial charge in [-0.1, -0.05) is 17.7 Å². The molecule has 7 heteroatoms. The number of hydrogen-bond acceptors (Lipinski definition) is 3. The van der Waals surface area contributed by atoms with Crippen molar-refractivity contribution in [3.05, 3.63) is 28.3 Å². The lowest BCUT2D eigenvalue weighted by Gasteiger charge is -2.34. The highest BCUT2D eigenvalue weighted by Crippen LogP contribution is 2.27. The summed E-state index contributed by atoms with van der Waals surface area (Å²) in [6.45, 7) is 7.85. The van der Waals surface area contributed by atoms with E-state index in [0.717, 1.165) is 11.1 Å². The van der Waals surface area contributed by atoms with Crippen molar-refractivity contribution in [3.8, 4) is 0 Å². The van der Waals surface area contributed by atoms with Gasteiger partial charge in [-0.15, -0.1) is 0 Å². The highest BCUT2D eigenvalue weighted by Gasteiger charge is 2.25. The Morgan fingerprint density at radius 2 is 1.78 bits per heavy atom. The molecule has 0 atom stereocenters. The third-order valence-electron chi connectivity index (χ3n) is 3.76. The number of ether oxygens (including phenoxy) is 1. The fourth-order valence-corrected chi connectivity index (χ4v) is 2.94. The van der Waals surface area contributed by atoms with Crippen molar-refractivity contribution in [2.75, 3.05) is 38.1 Å². The van der Waals surface area contributed by atoms with Gasteiger partial charge in [0.25, 0.3) is 0 Å². The smallest absolute Gasteiger partial charge is 0.409 e. The number of nitrogens with one attached hydrogen (secondary N) is 1. The van der Waals surface area contributed by atoms with Gasteiger partial charge in [0.2, 0.25) is 0 Å². The first-order valence-corrected chi connectivity index (χ1v) is 8.04. The Bertz CT molecular complexity index is 575. The van der Waals surface area contributed by atoms with Crippen LogP contribution in [0.4, 0.5) is 15.3 Å². The molecule has 1 aliphatic rings. The molecule has 0 radical (unpaired) electrons. The van der Waals surface area contributed by atoms with E-state index in [4.69, 9.17) is 16.3 Å². The minimum Gasteiger partial charge on any atom is -0.450 e. The van der Waals surface area contributed by atoms with Gasteiger partial charge in [0.15, 0.2) is 0 Å². The van der Waals surface area contributed by atoms with E-state index in [9.17, 15) is 9.59 Å². The van der Waals surface area contributed by atoms with E-state index < -0.39 is 0 Å². The van der Waals surface area contributed by atoms with E-state index >= 15 is 0 Å². The van der Waals surface area contributed by atoms with Crippen LogP contribution in [0, 0.1) is 13.8 Å². The summed E-state index contributed by atoms with van der Waals surface area (Å²) in [6.07, 6.45) is -0.329. The topological polar surface area (TPSA) is 61.9 Å². The highest BCUT2D eigenvalue weighted by molar-refractivity contribution is 6.34. The van der Waals surface area contributed by atoms with Gasteiger partial charge in [0.1, 0.15) is 0 Å². The summed E-state index contributed by atoms with van der Waals surface area (Å²) in [5, 5.41) is 3.39. The first kappa shape index (κ1) is 17.4. The Kier molecular flexibility index (Phi) is 5.71. The van der Waals surface area contributed by atoms with Crippen LogP contribution in [0.15, 0.2) is 12.1 Å². The van der Waals surface area contributed by atoms with E-state index in [0.29, 0.717) is 43.5 Å². The van der Waals surface area contributed by atoms with Crippen molar-refractivity contribution in [2.24, 2.45) is 0 Å². The maximum Gasteiger partial charge on any atom is 0.409 e. The molecule has 23 heavy (non-hydrogen) atoms. The Morgan fingerprint density at radius 1 is 1.17 bits per heavy atom. The Labute approximate surface area is 141 Å². The molecule has 1 aromatic rings. The number of rotatable bonds is 2. The Balaban J connectivity index is 1.95. The summed E-state index contributed by atoms with van der Waals surface area (Å²) in [6, 6.07) is 3.59. The van der Waals surface area contributed by atoms with Crippen LogP contribution in [0.2, 0.25) is 5.02 Å². The Hall–Kier alpha value is -1.95. The molecule has 6 nitrogen and oxygen atoms in total. The van der Waals surface area contributed by atoms with E-state index in [1.54, 1.807) is 16.7 Å². The first-order chi connectivity index (χ1) is 10.9. The molecule has 0 bridgehead atoms. The molecule has 1 fully saturated rings. The van der Waals surface area contributed by atoms with Crippen LogP contribution in [0.25, 0.3) is 0 Å². The number of carbonyl (C=O) groups excluding carboxylic acids is 2. The predicted octanol–water partition coefficient (Wildman–Crippen LogP) is 3.26. The van der Waals surface area contributed by atoms with Gasteiger partial charge in [-0.2, -0.15) is 0 Å². The maximum absolute atomic E-state index is 12.4. The van der Waals surface area contributed by atoms with Crippen LogP contribution < -0.4 is 5.32 Å². The number of hydrogen-bond donors (Lipinski definition) is 1. The van der Waals surface area contributed by atoms with E-state index in [-0.39, 0.29) is 12.1 Å². The van der Waals surface area contributed by atoms with Gasteiger partial charge in [0, 0.05) is 26.2 Å². The molecule has 0 unspecified atom stereocenters. The van der Waals surface area contributed by atoms with Crippen molar-refractivity contribution in [3.63, 3.8) is 0 Å². The average Bonchev–Trinajstić information content (AvgIpc) is 2.51. The van der Waals surface area contributed by atoms with Crippen molar-refractivity contribution >= 4 is 29.4 Å². The second-order valence-corrected chi connectivity index (χ2v) is 5.95. The molecule has 3 amide bonds. The summed E-state index contributed by atoms with van der Waals surface area (Å²) < 4.78 is 4.97. The van der Waals surface area contributed by atoms with Gasteiger partial charge in [0.05, 0.1) is 17.3 Å². The SMILES string of the molecule is CCOC(=O)N1CCN(C(=O)Nc2c(C)cc(C)cc2Cl)CC1. The third-order valence-corrected chi connectivity index (χ3v) is 4.05. The first-order valence-electron chi connectivity index (χ1n) is 7.66. The molecule has 1 saturated heterocycles.